The number of aryl methyl sites for hydroxylation is 2. The maximum Gasteiger partial charge on any atom is 0.242 e. The zero-order chi connectivity index (χ0) is 14.9. The minimum absolute atomic E-state index is 0.0393. The number of alkyl halides is 1. The van der Waals surface area contributed by atoms with E-state index in [2.05, 4.69) is 10.1 Å². The third kappa shape index (κ3) is 2.40. The van der Waals surface area contributed by atoms with Gasteiger partial charge in [0.25, 0.3) is 0 Å². The fourth-order valence-corrected chi connectivity index (χ4v) is 2.43. The van der Waals surface area contributed by atoms with E-state index in [9.17, 15) is 4.79 Å². The van der Waals surface area contributed by atoms with Crippen molar-refractivity contribution in [3.05, 3.63) is 11.5 Å². The topological polar surface area (TPSA) is 56.0 Å². The van der Waals surface area contributed by atoms with Crippen molar-refractivity contribution < 1.29 is 4.79 Å². The Morgan fingerprint density at radius 3 is 2.65 bits per heavy atom. The molecule has 1 amide bonds. The molecule has 2 rings (SSSR count). The van der Waals surface area contributed by atoms with Crippen molar-refractivity contribution in [3.8, 4) is 0 Å². The molecule has 0 spiro atoms. The first-order chi connectivity index (χ1) is 9.53. The van der Waals surface area contributed by atoms with Gasteiger partial charge in [-0.1, -0.05) is 6.92 Å². The maximum atomic E-state index is 12.1. The Balaban J connectivity index is 2.50. The normalized spacial score (nSPS) is 11.2. The van der Waals surface area contributed by atoms with Gasteiger partial charge in [0, 0.05) is 20.6 Å². The van der Waals surface area contributed by atoms with Crippen LogP contribution in [-0.2, 0) is 30.7 Å². The molecular formula is C13H20ClN5O. The molecule has 0 aliphatic carbocycles. The van der Waals surface area contributed by atoms with Gasteiger partial charge in [-0.3, -0.25) is 9.48 Å². The first kappa shape index (κ1) is 14.8. The highest BCUT2D eigenvalue weighted by Gasteiger charge is 2.20. The molecule has 0 radical (unpaired) electrons. The number of carbonyl (C=O) groups excluding carboxylic acids is 1. The number of likely N-dealkylation sites (N-methyl/N-ethyl adjacent to an activating group) is 1. The average molecular weight is 298 g/mol. The molecule has 0 unspecified atom stereocenters. The van der Waals surface area contributed by atoms with Crippen LogP contribution in [0.5, 0.6) is 0 Å². The monoisotopic (exact) mass is 297 g/mol. The molecular weight excluding hydrogens is 278 g/mol. The number of amides is 1. The van der Waals surface area contributed by atoms with Gasteiger partial charge < -0.3 is 9.47 Å². The van der Waals surface area contributed by atoms with E-state index in [1.807, 2.05) is 25.5 Å². The second-order valence-corrected chi connectivity index (χ2v) is 5.02. The summed E-state index contributed by atoms with van der Waals surface area (Å²) in [5.74, 6) is 1.03. The molecule has 0 saturated carbocycles. The quantitative estimate of drug-likeness (QED) is 0.787. The number of hydrogen-bond donors (Lipinski definition) is 0. The summed E-state index contributed by atoms with van der Waals surface area (Å²) in [7, 11) is 3.66. The summed E-state index contributed by atoms with van der Waals surface area (Å²) in [6.07, 6.45) is 0.804. The van der Waals surface area contributed by atoms with Crippen LogP contribution in [0.4, 0.5) is 0 Å². The van der Waals surface area contributed by atoms with E-state index in [4.69, 9.17) is 11.6 Å². The standard InChI is InChI=1S/C13H20ClN5O/c1-5-9-12-13(18(4)16-9)19(10(7-14)15-12)8-11(20)17(3)6-2/h5-8H2,1-4H3. The molecule has 0 aliphatic heterocycles. The van der Waals surface area contributed by atoms with Gasteiger partial charge in [-0.15, -0.1) is 11.6 Å². The first-order valence-corrected chi connectivity index (χ1v) is 7.27. The van der Waals surface area contributed by atoms with E-state index < -0.39 is 0 Å². The summed E-state index contributed by atoms with van der Waals surface area (Å²) in [5, 5.41) is 4.44. The Hall–Kier alpha value is -1.56. The Bertz CT molecular complexity index is 630. The highest BCUT2D eigenvalue weighted by Crippen LogP contribution is 2.21. The number of rotatable bonds is 5. The molecule has 0 N–H and O–H groups in total. The molecule has 7 heteroatoms. The largest absolute Gasteiger partial charge is 0.344 e. The summed E-state index contributed by atoms with van der Waals surface area (Å²) in [5.41, 5.74) is 2.64. The zero-order valence-electron chi connectivity index (χ0n) is 12.4. The van der Waals surface area contributed by atoms with Crippen LogP contribution in [0.15, 0.2) is 0 Å². The lowest BCUT2D eigenvalue weighted by atomic mass is 10.3. The molecule has 6 nitrogen and oxygen atoms in total. The Kier molecular flexibility index (Phi) is 4.32. The van der Waals surface area contributed by atoms with E-state index in [0.717, 1.165) is 23.3 Å². The molecule has 0 bridgehead atoms. The molecule has 0 atom stereocenters. The number of nitrogens with zero attached hydrogens (tertiary/aromatic N) is 5. The summed E-state index contributed by atoms with van der Waals surface area (Å²) < 4.78 is 3.64. The van der Waals surface area contributed by atoms with Crippen LogP contribution >= 0.6 is 11.6 Å². The SMILES string of the molecule is CCc1nn(C)c2c1nc(CCl)n2CC(=O)N(C)CC. The predicted octanol–water partition coefficient (Wildman–Crippen LogP) is 1.55. The third-order valence-corrected chi connectivity index (χ3v) is 3.76. The highest BCUT2D eigenvalue weighted by molar-refractivity contribution is 6.16. The average Bonchev–Trinajstić information content (AvgIpc) is 2.96. The lowest BCUT2D eigenvalue weighted by molar-refractivity contribution is -0.130. The number of hydrogen-bond acceptors (Lipinski definition) is 3. The van der Waals surface area contributed by atoms with Crippen LogP contribution in [0.25, 0.3) is 11.2 Å². The van der Waals surface area contributed by atoms with E-state index in [1.54, 1.807) is 16.6 Å². The molecule has 0 aliphatic rings. The number of imidazole rings is 1. The van der Waals surface area contributed by atoms with Crippen molar-refractivity contribution in [2.24, 2.45) is 7.05 Å². The molecule has 2 aromatic heterocycles. The van der Waals surface area contributed by atoms with Crippen molar-refractivity contribution in [1.29, 1.82) is 0 Å². The Labute approximate surface area is 123 Å². The fraction of sp³-hybridized carbons (Fsp3) is 0.615. The van der Waals surface area contributed by atoms with E-state index in [0.29, 0.717) is 12.4 Å². The van der Waals surface area contributed by atoms with Crippen LogP contribution in [0, 0.1) is 0 Å². The van der Waals surface area contributed by atoms with Crippen molar-refractivity contribution >= 4 is 28.7 Å². The maximum absolute atomic E-state index is 12.1. The summed E-state index contributed by atoms with van der Waals surface area (Å²) in [6.45, 7) is 4.91. The second kappa shape index (κ2) is 5.83. The van der Waals surface area contributed by atoms with Gasteiger partial charge in [-0.25, -0.2) is 4.98 Å². The minimum Gasteiger partial charge on any atom is -0.344 e. The molecule has 2 heterocycles. The minimum atomic E-state index is 0.0393. The fourth-order valence-electron chi connectivity index (χ4n) is 2.23. The van der Waals surface area contributed by atoms with E-state index >= 15 is 0 Å². The van der Waals surface area contributed by atoms with Crippen LogP contribution < -0.4 is 0 Å². The molecule has 0 aromatic carbocycles. The third-order valence-electron chi connectivity index (χ3n) is 3.52. The van der Waals surface area contributed by atoms with Crippen molar-refractivity contribution in [2.45, 2.75) is 32.7 Å². The highest BCUT2D eigenvalue weighted by atomic mass is 35.5. The summed E-state index contributed by atoms with van der Waals surface area (Å²) in [6, 6.07) is 0. The van der Waals surface area contributed by atoms with E-state index in [-0.39, 0.29) is 18.3 Å². The van der Waals surface area contributed by atoms with Gasteiger partial charge in [0.2, 0.25) is 5.91 Å². The van der Waals surface area contributed by atoms with Crippen LogP contribution in [-0.4, -0.2) is 43.7 Å². The van der Waals surface area contributed by atoms with E-state index in [1.165, 1.54) is 0 Å². The number of fused-ring (bicyclic) bond motifs is 1. The van der Waals surface area contributed by atoms with Crippen LogP contribution in [0.2, 0.25) is 0 Å². The first-order valence-electron chi connectivity index (χ1n) is 6.74. The van der Waals surface area contributed by atoms with Gasteiger partial charge in [-0.05, 0) is 13.3 Å². The summed E-state index contributed by atoms with van der Waals surface area (Å²) in [4.78, 5) is 18.4. The smallest absolute Gasteiger partial charge is 0.242 e. The van der Waals surface area contributed by atoms with Crippen molar-refractivity contribution in [2.75, 3.05) is 13.6 Å². The molecule has 2 aromatic rings. The predicted molar refractivity (Wildman–Crippen MR) is 78.7 cm³/mol. The molecule has 20 heavy (non-hydrogen) atoms. The van der Waals surface area contributed by atoms with Gasteiger partial charge in [0.15, 0.2) is 5.65 Å². The number of carbonyl (C=O) groups is 1. The van der Waals surface area contributed by atoms with Gasteiger partial charge in [0.05, 0.1) is 11.6 Å². The summed E-state index contributed by atoms with van der Waals surface area (Å²) >= 11 is 5.97. The van der Waals surface area contributed by atoms with Gasteiger partial charge >= 0.3 is 0 Å². The molecule has 0 fully saturated rings. The van der Waals surface area contributed by atoms with Gasteiger partial charge in [-0.2, -0.15) is 5.10 Å². The zero-order valence-corrected chi connectivity index (χ0v) is 13.1. The lowest BCUT2D eigenvalue weighted by Gasteiger charge is -2.16. The number of aromatic nitrogens is 4. The van der Waals surface area contributed by atoms with Crippen molar-refractivity contribution in [1.82, 2.24) is 24.2 Å². The number of halogens is 1. The molecule has 0 saturated heterocycles. The lowest BCUT2D eigenvalue weighted by Crippen LogP contribution is -2.30. The van der Waals surface area contributed by atoms with Crippen LogP contribution in [0.3, 0.4) is 0 Å². The van der Waals surface area contributed by atoms with Crippen LogP contribution in [0.1, 0.15) is 25.4 Å². The Morgan fingerprint density at radius 1 is 1.40 bits per heavy atom. The Morgan fingerprint density at radius 2 is 2.10 bits per heavy atom. The molecule has 110 valence electrons. The van der Waals surface area contributed by atoms with Gasteiger partial charge in [0.1, 0.15) is 17.9 Å². The van der Waals surface area contributed by atoms with Crippen molar-refractivity contribution in [3.63, 3.8) is 0 Å². The second-order valence-electron chi connectivity index (χ2n) is 4.75.